The predicted molar refractivity (Wildman–Crippen MR) is 78.1 cm³/mol. The zero-order valence-corrected chi connectivity index (χ0v) is 12.5. The first-order chi connectivity index (χ1) is 8.96. The van der Waals surface area contributed by atoms with Crippen molar-refractivity contribution in [3.63, 3.8) is 0 Å². The summed E-state index contributed by atoms with van der Waals surface area (Å²) < 4.78 is 27.4. The van der Waals surface area contributed by atoms with Crippen LogP contribution in [0, 0.1) is 5.92 Å². The van der Waals surface area contributed by atoms with Crippen molar-refractivity contribution in [1.29, 1.82) is 0 Å². The first-order valence-corrected chi connectivity index (χ1v) is 8.02. The number of benzene rings is 1. The lowest BCUT2D eigenvalue weighted by atomic mass is 9.96. The minimum absolute atomic E-state index is 0.106. The van der Waals surface area contributed by atoms with Gasteiger partial charge in [0.25, 0.3) is 0 Å². The summed E-state index contributed by atoms with van der Waals surface area (Å²) in [6.45, 7) is 6.02. The molecule has 0 bridgehead atoms. The standard InChI is InChI=1S/C13H23N3O2S/c1-4-11(5-2)10(3)16-19(17,18)13-9-7-6-8-12(13)15-14/h6-11,15-16H,4-5,14H2,1-3H3. The Morgan fingerprint density at radius 2 is 1.79 bits per heavy atom. The maximum Gasteiger partial charge on any atom is 0.242 e. The summed E-state index contributed by atoms with van der Waals surface area (Å²) in [6.07, 6.45) is 1.88. The molecule has 1 rings (SSSR count). The third-order valence-corrected chi connectivity index (χ3v) is 5.05. The maximum atomic E-state index is 12.4. The van der Waals surface area contributed by atoms with Gasteiger partial charge in [-0.25, -0.2) is 13.1 Å². The molecule has 0 aliphatic carbocycles. The lowest BCUT2D eigenvalue weighted by Gasteiger charge is -2.23. The highest BCUT2D eigenvalue weighted by Gasteiger charge is 2.23. The van der Waals surface area contributed by atoms with Crippen molar-refractivity contribution in [2.75, 3.05) is 5.43 Å². The number of nitrogen functional groups attached to an aromatic ring is 1. The Hall–Kier alpha value is -1.11. The summed E-state index contributed by atoms with van der Waals surface area (Å²) in [5.41, 5.74) is 2.81. The SMILES string of the molecule is CCC(CC)C(C)NS(=O)(=O)c1ccccc1NN. The topological polar surface area (TPSA) is 84.2 Å². The number of sulfonamides is 1. The predicted octanol–water partition coefficient (Wildman–Crippen LogP) is 2.08. The molecular formula is C13H23N3O2S. The second kappa shape index (κ2) is 6.88. The summed E-state index contributed by atoms with van der Waals surface area (Å²) in [7, 11) is -3.56. The van der Waals surface area contributed by atoms with Gasteiger partial charge in [-0.05, 0) is 25.0 Å². The van der Waals surface area contributed by atoms with Crippen molar-refractivity contribution in [2.24, 2.45) is 11.8 Å². The fraction of sp³-hybridized carbons (Fsp3) is 0.538. The second-order valence-corrected chi connectivity index (χ2v) is 6.31. The molecule has 4 N–H and O–H groups in total. The van der Waals surface area contributed by atoms with Gasteiger partial charge in [0.05, 0.1) is 5.69 Å². The van der Waals surface area contributed by atoms with E-state index in [-0.39, 0.29) is 10.9 Å². The third kappa shape index (κ3) is 3.92. The first-order valence-electron chi connectivity index (χ1n) is 6.54. The lowest BCUT2D eigenvalue weighted by molar-refractivity contribution is 0.391. The van der Waals surface area contributed by atoms with Crippen LogP contribution in [0.15, 0.2) is 29.2 Å². The Kier molecular flexibility index (Phi) is 5.78. The van der Waals surface area contributed by atoms with Crippen LogP contribution < -0.4 is 16.0 Å². The molecular weight excluding hydrogens is 262 g/mol. The quantitative estimate of drug-likeness (QED) is 0.529. The van der Waals surface area contributed by atoms with Gasteiger partial charge in [-0.3, -0.25) is 5.84 Å². The molecule has 0 heterocycles. The second-order valence-electron chi connectivity index (χ2n) is 4.63. The van der Waals surface area contributed by atoms with Crippen molar-refractivity contribution < 1.29 is 8.42 Å². The van der Waals surface area contributed by atoms with E-state index in [1.54, 1.807) is 18.2 Å². The van der Waals surface area contributed by atoms with Crippen LogP contribution in [0.5, 0.6) is 0 Å². The molecule has 0 saturated carbocycles. The highest BCUT2D eigenvalue weighted by molar-refractivity contribution is 7.89. The number of hydrazine groups is 1. The van der Waals surface area contributed by atoms with E-state index in [2.05, 4.69) is 24.0 Å². The molecule has 1 atom stereocenters. The number of para-hydroxylation sites is 1. The minimum Gasteiger partial charge on any atom is -0.323 e. The van der Waals surface area contributed by atoms with Crippen LogP contribution in [0.4, 0.5) is 5.69 Å². The van der Waals surface area contributed by atoms with E-state index in [1.165, 1.54) is 6.07 Å². The molecule has 0 radical (unpaired) electrons. The summed E-state index contributed by atoms with van der Waals surface area (Å²) in [4.78, 5) is 0.176. The van der Waals surface area contributed by atoms with Gasteiger partial charge in [-0.1, -0.05) is 38.8 Å². The number of hydrogen-bond donors (Lipinski definition) is 3. The lowest BCUT2D eigenvalue weighted by Crippen LogP contribution is -2.38. The monoisotopic (exact) mass is 285 g/mol. The summed E-state index contributed by atoms with van der Waals surface area (Å²) >= 11 is 0. The molecule has 0 saturated heterocycles. The molecule has 0 fully saturated rings. The molecule has 0 aromatic heterocycles. The normalized spacial score (nSPS) is 13.5. The molecule has 108 valence electrons. The summed E-state index contributed by atoms with van der Waals surface area (Å²) in [6, 6.07) is 6.48. The van der Waals surface area contributed by atoms with E-state index >= 15 is 0 Å². The summed E-state index contributed by atoms with van der Waals surface area (Å²) in [5, 5.41) is 0. The van der Waals surface area contributed by atoms with Gasteiger partial charge in [0.15, 0.2) is 0 Å². The molecule has 1 unspecified atom stereocenters. The average molecular weight is 285 g/mol. The Bertz CT molecular complexity index is 498. The van der Waals surface area contributed by atoms with Crippen LogP contribution in [0.2, 0.25) is 0 Å². The van der Waals surface area contributed by atoms with E-state index in [0.717, 1.165) is 12.8 Å². The van der Waals surface area contributed by atoms with Crippen LogP contribution in [-0.4, -0.2) is 14.5 Å². The molecule has 0 amide bonds. The average Bonchev–Trinajstić information content (AvgIpc) is 2.39. The highest BCUT2D eigenvalue weighted by atomic mass is 32.2. The smallest absolute Gasteiger partial charge is 0.242 e. The molecule has 1 aromatic rings. The third-order valence-electron chi connectivity index (χ3n) is 3.43. The number of anilines is 1. The van der Waals surface area contributed by atoms with E-state index < -0.39 is 10.0 Å². The molecule has 1 aromatic carbocycles. The van der Waals surface area contributed by atoms with Gasteiger partial charge in [0.2, 0.25) is 10.0 Å². The number of hydrogen-bond acceptors (Lipinski definition) is 4. The van der Waals surface area contributed by atoms with Crippen molar-refractivity contribution in [3.05, 3.63) is 24.3 Å². The van der Waals surface area contributed by atoms with Gasteiger partial charge in [-0.15, -0.1) is 0 Å². The Balaban J connectivity index is 2.98. The van der Waals surface area contributed by atoms with E-state index in [9.17, 15) is 8.42 Å². The molecule has 19 heavy (non-hydrogen) atoms. The largest absolute Gasteiger partial charge is 0.323 e. The Morgan fingerprint density at radius 1 is 1.21 bits per heavy atom. The van der Waals surface area contributed by atoms with Gasteiger partial charge in [0.1, 0.15) is 4.90 Å². The van der Waals surface area contributed by atoms with Crippen molar-refractivity contribution in [3.8, 4) is 0 Å². The fourth-order valence-corrected chi connectivity index (χ4v) is 3.70. The van der Waals surface area contributed by atoms with Gasteiger partial charge < -0.3 is 5.43 Å². The molecule has 6 heteroatoms. The minimum atomic E-state index is -3.56. The molecule has 0 aliphatic heterocycles. The van der Waals surface area contributed by atoms with Crippen molar-refractivity contribution in [1.82, 2.24) is 4.72 Å². The van der Waals surface area contributed by atoms with Gasteiger partial charge in [-0.2, -0.15) is 0 Å². The van der Waals surface area contributed by atoms with Crippen LogP contribution >= 0.6 is 0 Å². The highest BCUT2D eigenvalue weighted by Crippen LogP contribution is 2.21. The van der Waals surface area contributed by atoms with Crippen molar-refractivity contribution >= 4 is 15.7 Å². The van der Waals surface area contributed by atoms with E-state index in [4.69, 9.17) is 5.84 Å². The van der Waals surface area contributed by atoms with E-state index in [0.29, 0.717) is 11.6 Å². The first kappa shape index (κ1) is 15.9. The molecule has 0 aliphatic rings. The van der Waals surface area contributed by atoms with Gasteiger partial charge >= 0.3 is 0 Å². The molecule has 0 spiro atoms. The number of rotatable bonds is 7. The maximum absolute atomic E-state index is 12.4. The fourth-order valence-electron chi connectivity index (χ4n) is 2.22. The number of nitrogens with one attached hydrogen (secondary N) is 2. The zero-order chi connectivity index (χ0) is 14.5. The summed E-state index contributed by atoms with van der Waals surface area (Å²) in [5.74, 6) is 5.67. The molecule has 5 nitrogen and oxygen atoms in total. The van der Waals surface area contributed by atoms with Gasteiger partial charge in [0, 0.05) is 6.04 Å². The Morgan fingerprint density at radius 3 is 2.32 bits per heavy atom. The van der Waals surface area contributed by atoms with Crippen molar-refractivity contribution in [2.45, 2.75) is 44.6 Å². The van der Waals surface area contributed by atoms with Crippen LogP contribution in [-0.2, 0) is 10.0 Å². The Labute approximate surface area is 115 Å². The van der Waals surface area contributed by atoms with Crippen LogP contribution in [0.3, 0.4) is 0 Å². The zero-order valence-electron chi connectivity index (χ0n) is 11.7. The van der Waals surface area contributed by atoms with E-state index in [1.807, 2.05) is 6.92 Å². The van der Waals surface area contributed by atoms with Crippen LogP contribution in [0.1, 0.15) is 33.6 Å². The van der Waals surface area contributed by atoms with Crippen LogP contribution in [0.25, 0.3) is 0 Å². The number of nitrogens with two attached hydrogens (primary N) is 1.